The predicted octanol–water partition coefficient (Wildman–Crippen LogP) is 4.34. The fraction of sp³-hybridized carbons (Fsp3) is 0.500. The summed E-state index contributed by atoms with van der Waals surface area (Å²) in [5.41, 5.74) is 0.876. The zero-order valence-electron chi connectivity index (χ0n) is 13.4. The van der Waals surface area contributed by atoms with Gasteiger partial charge in [0.15, 0.2) is 0 Å². The Balaban J connectivity index is 1.94. The molecule has 0 aromatic carbocycles. The topological polar surface area (TPSA) is 42.7 Å². The van der Waals surface area contributed by atoms with Gasteiger partial charge in [-0.3, -0.25) is 4.68 Å². The molecule has 2 heterocycles. The van der Waals surface area contributed by atoms with Gasteiger partial charge in [0.1, 0.15) is 18.1 Å². The number of aromatic nitrogens is 3. The smallest absolute Gasteiger partial charge is 0.367 e. The largest absolute Gasteiger partial charge is 0.408 e. The molecule has 0 spiro atoms. The van der Waals surface area contributed by atoms with Gasteiger partial charge in [0.25, 0.3) is 0 Å². The van der Waals surface area contributed by atoms with Crippen LogP contribution in [0.25, 0.3) is 11.3 Å². The second-order valence-corrected chi connectivity index (χ2v) is 6.35. The van der Waals surface area contributed by atoms with Crippen LogP contribution in [-0.2, 0) is 6.54 Å². The lowest BCUT2D eigenvalue weighted by Gasteiger charge is -2.08. The van der Waals surface area contributed by atoms with E-state index in [-0.39, 0.29) is 17.2 Å². The van der Waals surface area contributed by atoms with Crippen LogP contribution in [0.15, 0.2) is 18.3 Å². The molecule has 0 radical (unpaired) electrons. The molecular formula is C16H18F4N4. The predicted molar refractivity (Wildman–Crippen MR) is 82.2 cm³/mol. The SMILES string of the molecule is CC(C)c1cn(CC(F)(F)F)nc1-c1ccc(NC2CC2)nc1F. The second kappa shape index (κ2) is 6.07. The molecule has 0 atom stereocenters. The molecule has 1 N–H and O–H groups in total. The molecule has 4 nitrogen and oxygen atoms in total. The average Bonchev–Trinajstić information content (AvgIpc) is 3.16. The van der Waals surface area contributed by atoms with Crippen LogP contribution in [-0.4, -0.2) is 27.0 Å². The Kier molecular flexibility index (Phi) is 4.23. The van der Waals surface area contributed by atoms with E-state index >= 15 is 0 Å². The summed E-state index contributed by atoms with van der Waals surface area (Å²) in [6.45, 7) is 2.45. The Morgan fingerprint density at radius 1 is 1.29 bits per heavy atom. The maximum absolute atomic E-state index is 14.4. The lowest BCUT2D eigenvalue weighted by Crippen LogP contribution is -2.18. The Labute approximate surface area is 136 Å². The molecule has 0 amide bonds. The first-order chi connectivity index (χ1) is 11.2. The third-order valence-corrected chi connectivity index (χ3v) is 3.79. The summed E-state index contributed by atoms with van der Waals surface area (Å²) in [5, 5.41) is 7.03. The zero-order chi connectivity index (χ0) is 17.5. The third-order valence-electron chi connectivity index (χ3n) is 3.79. The quantitative estimate of drug-likeness (QED) is 0.649. The number of alkyl halides is 3. The van der Waals surface area contributed by atoms with E-state index in [0.717, 1.165) is 17.5 Å². The first-order valence-corrected chi connectivity index (χ1v) is 7.80. The van der Waals surface area contributed by atoms with Crippen LogP contribution in [0.2, 0.25) is 0 Å². The van der Waals surface area contributed by atoms with Crippen molar-refractivity contribution >= 4 is 5.82 Å². The molecule has 130 valence electrons. The molecule has 1 aliphatic carbocycles. The molecule has 8 heteroatoms. The maximum atomic E-state index is 14.4. The number of halogens is 4. The minimum Gasteiger partial charge on any atom is -0.367 e. The van der Waals surface area contributed by atoms with Crippen LogP contribution in [0.1, 0.15) is 38.2 Å². The number of hydrogen-bond acceptors (Lipinski definition) is 3. The summed E-state index contributed by atoms with van der Waals surface area (Å²) >= 11 is 0. The van der Waals surface area contributed by atoms with Crippen molar-refractivity contribution in [1.29, 1.82) is 0 Å². The highest BCUT2D eigenvalue weighted by Gasteiger charge is 2.30. The van der Waals surface area contributed by atoms with Crippen LogP contribution in [0.5, 0.6) is 0 Å². The van der Waals surface area contributed by atoms with E-state index in [1.165, 1.54) is 12.3 Å². The lowest BCUT2D eigenvalue weighted by atomic mass is 10.0. The number of nitrogens with one attached hydrogen (secondary N) is 1. The molecule has 3 rings (SSSR count). The fourth-order valence-corrected chi connectivity index (χ4v) is 2.46. The molecule has 0 bridgehead atoms. The van der Waals surface area contributed by atoms with E-state index in [9.17, 15) is 17.6 Å². The Morgan fingerprint density at radius 3 is 2.54 bits per heavy atom. The van der Waals surface area contributed by atoms with E-state index in [2.05, 4.69) is 15.4 Å². The van der Waals surface area contributed by atoms with Gasteiger partial charge in [-0.25, -0.2) is 4.98 Å². The molecule has 1 aliphatic rings. The van der Waals surface area contributed by atoms with Crippen LogP contribution < -0.4 is 5.32 Å². The highest BCUT2D eigenvalue weighted by atomic mass is 19.4. The molecule has 0 unspecified atom stereocenters. The van der Waals surface area contributed by atoms with Crippen LogP contribution >= 0.6 is 0 Å². The van der Waals surface area contributed by atoms with Gasteiger partial charge >= 0.3 is 6.18 Å². The number of anilines is 1. The minimum atomic E-state index is -4.38. The van der Waals surface area contributed by atoms with Gasteiger partial charge in [-0.05, 0) is 30.9 Å². The maximum Gasteiger partial charge on any atom is 0.408 e. The van der Waals surface area contributed by atoms with Gasteiger partial charge in [-0.2, -0.15) is 22.7 Å². The van der Waals surface area contributed by atoms with Crippen LogP contribution in [0, 0.1) is 5.95 Å². The molecule has 2 aromatic heterocycles. The summed E-state index contributed by atoms with van der Waals surface area (Å²) in [5.74, 6) is -0.398. The van der Waals surface area contributed by atoms with Gasteiger partial charge in [0, 0.05) is 17.8 Å². The van der Waals surface area contributed by atoms with Gasteiger partial charge in [-0.1, -0.05) is 13.8 Å². The van der Waals surface area contributed by atoms with Gasteiger partial charge in [0.2, 0.25) is 5.95 Å². The van der Waals surface area contributed by atoms with Crippen molar-refractivity contribution in [2.45, 2.75) is 51.4 Å². The summed E-state index contributed by atoms with van der Waals surface area (Å²) in [6, 6.07) is 3.47. The van der Waals surface area contributed by atoms with E-state index in [1.807, 2.05) is 13.8 Å². The Bertz CT molecular complexity index is 732. The van der Waals surface area contributed by atoms with Crippen molar-refractivity contribution in [3.05, 3.63) is 29.8 Å². The van der Waals surface area contributed by atoms with E-state index in [4.69, 9.17) is 0 Å². The standard InChI is InChI=1S/C16H18F4N4/c1-9(2)12-7-24(8-16(18,19)20)23-14(12)11-5-6-13(22-15(11)17)21-10-3-4-10/h5-7,9-10H,3-4,8H2,1-2H3,(H,21,22). The zero-order valence-corrected chi connectivity index (χ0v) is 13.4. The van der Waals surface area contributed by atoms with E-state index < -0.39 is 18.7 Å². The molecule has 24 heavy (non-hydrogen) atoms. The van der Waals surface area contributed by atoms with Crippen molar-refractivity contribution < 1.29 is 17.6 Å². The van der Waals surface area contributed by atoms with Gasteiger partial charge < -0.3 is 5.32 Å². The summed E-state index contributed by atoms with van der Waals surface area (Å²) in [7, 11) is 0. The van der Waals surface area contributed by atoms with E-state index in [0.29, 0.717) is 17.4 Å². The monoisotopic (exact) mass is 342 g/mol. The Morgan fingerprint density at radius 2 is 2.00 bits per heavy atom. The number of hydrogen-bond donors (Lipinski definition) is 1. The van der Waals surface area contributed by atoms with Crippen LogP contribution in [0.4, 0.5) is 23.4 Å². The number of pyridine rings is 1. The van der Waals surface area contributed by atoms with Crippen molar-refractivity contribution in [3.63, 3.8) is 0 Å². The highest BCUT2D eigenvalue weighted by Crippen LogP contribution is 2.32. The summed E-state index contributed by atoms with van der Waals surface area (Å²) in [4.78, 5) is 3.86. The molecule has 0 aliphatic heterocycles. The minimum absolute atomic E-state index is 0.0920. The van der Waals surface area contributed by atoms with Gasteiger partial charge in [0.05, 0.1) is 5.56 Å². The van der Waals surface area contributed by atoms with Crippen LogP contribution in [0.3, 0.4) is 0 Å². The molecule has 1 fully saturated rings. The molecular weight excluding hydrogens is 324 g/mol. The first kappa shape index (κ1) is 16.7. The summed E-state index contributed by atoms with van der Waals surface area (Å²) in [6.07, 6.45) is -0.996. The third kappa shape index (κ3) is 3.85. The van der Waals surface area contributed by atoms with E-state index in [1.54, 1.807) is 6.07 Å². The normalized spacial score (nSPS) is 15.1. The average molecular weight is 342 g/mol. The summed E-state index contributed by atoms with van der Waals surface area (Å²) < 4.78 is 53.0. The fourth-order valence-electron chi connectivity index (χ4n) is 2.46. The molecule has 1 saturated carbocycles. The number of rotatable bonds is 5. The number of nitrogens with zero attached hydrogens (tertiary/aromatic N) is 3. The van der Waals surface area contributed by atoms with Gasteiger partial charge in [-0.15, -0.1) is 0 Å². The first-order valence-electron chi connectivity index (χ1n) is 7.80. The molecule has 0 saturated heterocycles. The Hall–Kier alpha value is -2.12. The second-order valence-electron chi connectivity index (χ2n) is 6.35. The van der Waals surface area contributed by atoms with Crippen molar-refractivity contribution in [2.24, 2.45) is 0 Å². The van der Waals surface area contributed by atoms with Crippen molar-refractivity contribution in [3.8, 4) is 11.3 Å². The lowest BCUT2D eigenvalue weighted by molar-refractivity contribution is -0.142. The highest BCUT2D eigenvalue weighted by molar-refractivity contribution is 5.64. The molecule has 2 aromatic rings. The van der Waals surface area contributed by atoms with Crippen molar-refractivity contribution in [1.82, 2.24) is 14.8 Å². The van der Waals surface area contributed by atoms with Crippen molar-refractivity contribution in [2.75, 3.05) is 5.32 Å².